The van der Waals surface area contributed by atoms with E-state index in [2.05, 4.69) is 23.1 Å². The van der Waals surface area contributed by atoms with Crippen molar-refractivity contribution in [3.63, 3.8) is 0 Å². The Morgan fingerprint density at radius 2 is 2.00 bits per heavy atom. The number of nitrogens with zero attached hydrogens (tertiary/aromatic N) is 1. The third-order valence-corrected chi connectivity index (χ3v) is 4.41. The Kier molecular flexibility index (Phi) is 3.27. The Balaban J connectivity index is 1.81. The van der Waals surface area contributed by atoms with Gasteiger partial charge in [0.05, 0.1) is 7.11 Å². The lowest BCUT2D eigenvalue weighted by Crippen LogP contribution is -2.41. The van der Waals surface area contributed by atoms with Crippen LogP contribution in [0.25, 0.3) is 0 Å². The molecule has 1 aliphatic carbocycles. The van der Waals surface area contributed by atoms with Crippen molar-refractivity contribution in [2.45, 2.75) is 37.8 Å². The molecule has 0 amide bonds. The summed E-state index contributed by atoms with van der Waals surface area (Å²) in [4.78, 5) is 2.61. The summed E-state index contributed by atoms with van der Waals surface area (Å²) in [5, 5.41) is 0. The van der Waals surface area contributed by atoms with Gasteiger partial charge in [0.1, 0.15) is 5.75 Å². The average Bonchev–Trinajstić information content (AvgIpc) is 2.82. The molecule has 1 aromatic carbocycles. The highest BCUT2D eigenvalue weighted by molar-refractivity contribution is 5.40. The Labute approximate surface area is 109 Å². The van der Waals surface area contributed by atoms with Crippen molar-refractivity contribution in [2.24, 2.45) is 5.73 Å². The van der Waals surface area contributed by atoms with E-state index in [-0.39, 0.29) is 0 Å². The summed E-state index contributed by atoms with van der Waals surface area (Å²) in [7, 11) is 1.74. The van der Waals surface area contributed by atoms with E-state index in [0.29, 0.717) is 12.1 Å². The molecule has 1 aliphatic heterocycles. The Hall–Kier alpha value is -1.06. The van der Waals surface area contributed by atoms with Crippen LogP contribution in [0.4, 0.5) is 0 Å². The van der Waals surface area contributed by atoms with E-state index >= 15 is 0 Å². The molecule has 18 heavy (non-hydrogen) atoms. The van der Waals surface area contributed by atoms with E-state index in [9.17, 15) is 0 Å². The minimum Gasteiger partial charge on any atom is -0.497 e. The van der Waals surface area contributed by atoms with Crippen LogP contribution >= 0.6 is 0 Å². The molecule has 0 radical (unpaired) electrons. The van der Waals surface area contributed by atoms with Gasteiger partial charge in [0.15, 0.2) is 0 Å². The van der Waals surface area contributed by atoms with Crippen LogP contribution in [0.3, 0.4) is 0 Å². The van der Waals surface area contributed by atoms with E-state index in [0.717, 1.165) is 31.7 Å². The first-order chi connectivity index (χ1) is 8.78. The summed E-state index contributed by atoms with van der Waals surface area (Å²) in [6, 6.07) is 7.52. The highest BCUT2D eigenvalue weighted by atomic mass is 16.5. The smallest absolute Gasteiger partial charge is 0.119 e. The molecule has 2 N–H and O–H groups in total. The monoisotopic (exact) mass is 246 g/mol. The lowest BCUT2D eigenvalue weighted by atomic mass is 10.0. The third kappa shape index (κ3) is 2.13. The maximum atomic E-state index is 5.99. The molecule has 2 aliphatic rings. The van der Waals surface area contributed by atoms with E-state index in [1.807, 2.05) is 0 Å². The second-order valence-electron chi connectivity index (χ2n) is 5.49. The van der Waals surface area contributed by atoms with Gasteiger partial charge >= 0.3 is 0 Å². The fourth-order valence-electron chi connectivity index (χ4n) is 3.30. The van der Waals surface area contributed by atoms with Gasteiger partial charge in [0, 0.05) is 25.2 Å². The van der Waals surface area contributed by atoms with Gasteiger partial charge in [-0.25, -0.2) is 0 Å². The van der Waals surface area contributed by atoms with Crippen molar-refractivity contribution in [3.05, 3.63) is 29.3 Å². The number of piperidine rings is 1. The fourth-order valence-corrected chi connectivity index (χ4v) is 3.30. The molecule has 3 nitrogen and oxygen atoms in total. The Morgan fingerprint density at radius 3 is 2.72 bits per heavy atom. The second-order valence-corrected chi connectivity index (χ2v) is 5.49. The van der Waals surface area contributed by atoms with E-state index in [1.165, 1.54) is 24.0 Å². The molecular weight excluding hydrogens is 224 g/mol. The predicted molar refractivity (Wildman–Crippen MR) is 72.8 cm³/mol. The molecule has 1 saturated heterocycles. The largest absolute Gasteiger partial charge is 0.497 e. The second kappa shape index (κ2) is 4.90. The van der Waals surface area contributed by atoms with Crippen molar-refractivity contribution in [1.82, 2.24) is 4.90 Å². The van der Waals surface area contributed by atoms with Crippen LogP contribution in [0.15, 0.2) is 18.2 Å². The molecule has 0 bridgehead atoms. The zero-order valence-corrected chi connectivity index (χ0v) is 11.1. The number of aryl methyl sites for hydroxylation is 1. The Bertz CT molecular complexity index is 425. The number of rotatable bonds is 2. The normalized spacial score (nSPS) is 25.1. The van der Waals surface area contributed by atoms with E-state index < -0.39 is 0 Å². The number of methoxy groups -OCH3 is 1. The van der Waals surface area contributed by atoms with Gasteiger partial charge in [-0.1, -0.05) is 6.07 Å². The maximum absolute atomic E-state index is 5.99. The van der Waals surface area contributed by atoms with Crippen LogP contribution in [0.2, 0.25) is 0 Å². The van der Waals surface area contributed by atoms with Crippen LogP contribution in [-0.2, 0) is 6.42 Å². The molecule has 1 heterocycles. The van der Waals surface area contributed by atoms with Crippen LogP contribution < -0.4 is 10.5 Å². The van der Waals surface area contributed by atoms with E-state index in [1.54, 1.807) is 7.11 Å². The highest BCUT2D eigenvalue weighted by Crippen LogP contribution is 2.38. The number of hydrogen-bond acceptors (Lipinski definition) is 3. The summed E-state index contributed by atoms with van der Waals surface area (Å²) in [6.07, 6.45) is 4.72. The molecule has 98 valence electrons. The summed E-state index contributed by atoms with van der Waals surface area (Å²) in [5.41, 5.74) is 8.96. The van der Waals surface area contributed by atoms with Gasteiger partial charge in [-0.05, 0) is 48.9 Å². The van der Waals surface area contributed by atoms with Crippen molar-refractivity contribution in [2.75, 3.05) is 20.2 Å². The molecule has 0 aromatic heterocycles. The molecule has 1 fully saturated rings. The van der Waals surface area contributed by atoms with Crippen LogP contribution in [-0.4, -0.2) is 31.1 Å². The summed E-state index contributed by atoms with van der Waals surface area (Å²) >= 11 is 0. The van der Waals surface area contributed by atoms with Crippen LogP contribution in [0.1, 0.15) is 36.4 Å². The molecule has 1 atom stereocenters. The lowest BCUT2D eigenvalue weighted by molar-refractivity contribution is 0.152. The SMILES string of the molecule is COc1ccc2c(c1)C(N1CCC(N)CC1)CC2. The fraction of sp³-hybridized carbons (Fsp3) is 0.600. The summed E-state index contributed by atoms with van der Waals surface area (Å²) in [6.45, 7) is 2.28. The molecule has 3 heteroatoms. The van der Waals surface area contributed by atoms with Gasteiger partial charge in [-0.3, -0.25) is 4.90 Å². The zero-order chi connectivity index (χ0) is 12.5. The van der Waals surface area contributed by atoms with Crippen molar-refractivity contribution in [1.29, 1.82) is 0 Å². The van der Waals surface area contributed by atoms with Crippen molar-refractivity contribution >= 4 is 0 Å². The molecule has 1 unspecified atom stereocenters. The number of nitrogens with two attached hydrogens (primary N) is 1. The van der Waals surface area contributed by atoms with Gasteiger partial charge in [0.25, 0.3) is 0 Å². The number of benzene rings is 1. The first-order valence-corrected chi connectivity index (χ1v) is 6.94. The molecule has 1 aromatic rings. The lowest BCUT2D eigenvalue weighted by Gasteiger charge is -2.35. The van der Waals surface area contributed by atoms with E-state index in [4.69, 9.17) is 10.5 Å². The van der Waals surface area contributed by atoms with Crippen molar-refractivity contribution < 1.29 is 4.74 Å². The van der Waals surface area contributed by atoms with Crippen LogP contribution in [0, 0.1) is 0 Å². The standard InChI is InChI=1S/C15H22N2O/c1-18-13-4-2-11-3-5-15(14(11)10-13)17-8-6-12(16)7-9-17/h2,4,10,12,15H,3,5-9,16H2,1H3. The topological polar surface area (TPSA) is 38.5 Å². The average molecular weight is 246 g/mol. The molecule has 0 spiro atoms. The van der Waals surface area contributed by atoms with Gasteiger partial charge in [0.2, 0.25) is 0 Å². The molecular formula is C15H22N2O. The van der Waals surface area contributed by atoms with Crippen LogP contribution in [0.5, 0.6) is 5.75 Å². The van der Waals surface area contributed by atoms with Gasteiger partial charge < -0.3 is 10.5 Å². The molecule has 0 saturated carbocycles. The first-order valence-electron chi connectivity index (χ1n) is 6.94. The third-order valence-electron chi connectivity index (χ3n) is 4.41. The summed E-state index contributed by atoms with van der Waals surface area (Å²) in [5.74, 6) is 0.981. The number of hydrogen-bond donors (Lipinski definition) is 1. The van der Waals surface area contributed by atoms with Crippen molar-refractivity contribution in [3.8, 4) is 5.75 Å². The minimum absolute atomic E-state index is 0.410. The van der Waals surface area contributed by atoms with Gasteiger partial charge in [-0.2, -0.15) is 0 Å². The molecule has 3 rings (SSSR count). The first kappa shape index (κ1) is 12.0. The number of fused-ring (bicyclic) bond motifs is 1. The number of ether oxygens (including phenoxy) is 1. The highest BCUT2D eigenvalue weighted by Gasteiger charge is 2.30. The quantitative estimate of drug-likeness (QED) is 0.868. The summed E-state index contributed by atoms with van der Waals surface area (Å²) < 4.78 is 5.35. The number of likely N-dealkylation sites (tertiary alicyclic amines) is 1. The zero-order valence-electron chi connectivity index (χ0n) is 11.1. The maximum Gasteiger partial charge on any atom is 0.119 e. The Morgan fingerprint density at radius 1 is 1.22 bits per heavy atom. The predicted octanol–water partition coefficient (Wildman–Crippen LogP) is 2.11. The minimum atomic E-state index is 0.410. The van der Waals surface area contributed by atoms with Gasteiger partial charge in [-0.15, -0.1) is 0 Å².